The van der Waals surface area contributed by atoms with E-state index in [1.165, 1.54) is 27.9 Å². The normalized spacial score (nSPS) is 20.0. The third kappa shape index (κ3) is 4.86. The molecule has 2 rings (SSSR count). The van der Waals surface area contributed by atoms with Gasteiger partial charge in [-0.05, 0) is 33.6 Å². The van der Waals surface area contributed by atoms with Crippen LogP contribution in [0.5, 0.6) is 0 Å². The largest absolute Gasteiger partial charge is 0.346 e. The third-order valence-corrected chi connectivity index (χ3v) is 6.28. The fourth-order valence-corrected chi connectivity index (χ4v) is 4.71. The Morgan fingerprint density at radius 2 is 2.10 bits per heavy atom. The van der Waals surface area contributed by atoms with E-state index in [-0.39, 0.29) is 5.54 Å². The number of nitrogens with one attached hydrogen (secondary N) is 1. The summed E-state index contributed by atoms with van der Waals surface area (Å²) in [6.45, 7) is 14.4. The molecular weight excluding hydrogens is 298 g/mol. The SMILES string of the molecule is CCc1nc(N2CCSC(CC)C2)sc1CNC(C)(C)C. The summed E-state index contributed by atoms with van der Waals surface area (Å²) in [4.78, 5) is 8.82. The standard InChI is InChI=1S/C16H29N3S2/c1-6-12-11-19(8-9-20-12)15-18-13(7-2)14(21-15)10-17-16(3,4)5/h12,17H,6-11H2,1-5H3. The highest BCUT2D eigenvalue weighted by Gasteiger charge is 2.23. The van der Waals surface area contributed by atoms with Crippen LogP contribution in [0, 0.1) is 0 Å². The Balaban J connectivity index is 2.08. The van der Waals surface area contributed by atoms with Crippen molar-refractivity contribution in [2.24, 2.45) is 0 Å². The lowest BCUT2D eigenvalue weighted by molar-refractivity contribution is 0.425. The van der Waals surface area contributed by atoms with E-state index >= 15 is 0 Å². The van der Waals surface area contributed by atoms with E-state index in [9.17, 15) is 0 Å². The molecule has 1 atom stereocenters. The van der Waals surface area contributed by atoms with E-state index in [0.717, 1.165) is 31.3 Å². The Bertz CT molecular complexity index is 451. The van der Waals surface area contributed by atoms with Crippen LogP contribution in [0.3, 0.4) is 0 Å². The molecule has 0 radical (unpaired) electrons. The van der Waals surface area contributed by atoms with E-state index in [2.05, 4.69) is 56.6 Å². The van der Waals surface area contributed by atoms with Crippen LogP contribution in [0.15, 0.2) is 0 Å². The minimum atomic E-state index is 0.157. The molecule has 1 saturated heterocycles. The summed E-state index contributed by atoms with van der Waals surface area (Å²) in [7, 11) is 0. The molecule has 0 spiro atoms. The van der Waals surface area contributed by atoms with E-state index in [0.29, 0.717) is 0 Å². The molecule has 0 aromatic carbocycles. The summed E-state index contributed by atoms with van der Waals surface area (Å²) in [6, 6.07) is 0. The van der Waals surface area contributed by atoms with Crippen LogP contribution < -0.4 is 10.2 Å². The number of thiazole rings is 1. The smallest absolute Gasteiger partial charge is 0.185 e. The summed E-state index contributed by atoms with van der Waals surface area (Å²) in [5, 5.41) is 5.60. The minimum Gasteiger partial charge on any atom is -0.346 e. The molecule has 1 fully saturated rings. The van der Waals surface area contributed by atoms with Crippen LogP contribution >= 0.6 is 23.1 Å². The van der Waals surface area contributed by atoms with Gasteiger partial charge in [0.15, 0.2) is 5.13 Å². The molecular formula is C16H29N3S2. The van der Waals surface area contributed by atoms with Gasteiger partial charge in [0, 0.05) is 41.1 Å². The Kier molecular flexibility index (Phi) is 5.97. The zero-order valence-electron chi connectivity index (χ0n) is 14.0. The molecule has 2 heterocycles. The van der Waals surface area contributed by atoms with E-state index in [1.807, 2.05) is 11.3 Å². The molecule has 5 heteroatoms. The predicted molar refractivity (Wildman–Crippen MR) is 96.8 cm³/mol. The number of hydrogen-bond donors (Lipinski definition) is 1. The number of aromatic nitrogens is 1. The van der Waals surface area contributed by atoms with Crippen molar-refractivity contribution >= 4 is 28.2 Å². The quantitative estimate of drug-likeness (QED) is 0.887. The summed E-state index contributed by atoms with van der Waals surface area (Å²) in [6.07, 6.45) is 2.28. The average Bonchev–Trinajstić information content (AvgIpc) is 2.88. The first-order valence-electron chi connectivity index (χ1n) is 8.03. The van der Waals surface area contributed by atoms with Gasteiger partial charge in [-0.2, -0.15) is 11.8 Å². The molecule has 1 aliphatic rings. The van der Waals surface area contributed by atoms with Crippen molar-refractivity contribution < 1.29 is 0 Å². The van der Waals surface area contributed by atoms with Crippen molar-refractivity contribution in [2.45, 2.75) is 64.8 Å². The monoisotopic (exact) mass is 327 g/mol. The molecule has 21 heavy (non-hydrogen) atoms. The molecule has 0 saturated carbocycles. The van der Waals surface area contributed by atoms with E-state index in [4.69, 9.17) is 4.98 Å². The van der Waals surface area contributed by atoms with E-state index in [1.54, 1.807) is 0 Å². The summed E-state index contributed by atoms with van der Waals surface area (Å²) in [5.74, 6) is 1.23. The molecule has 1 aromatic heterocycles. The number of rotatable bonds is 5. The summed E-state index contributed by atoms with van der Waals surface area (Å²) >= 11 is 4.00. The van der Waals surface area contributed by atoms with Crippen molar-refractivity contribution in [1.82, 2.24) is 10.3 Å². The third-order valence-electron chi connectivity index (χ3n) is 3.75. The Hall–Kier alpha value is -0.260. The maximum absolute atomic E-state index is 4.92. The predicted octanol–water partition coefficient (Wildman–Crippen LogP) is 3.93. The maximum atomic E-state index is 4.92. The first kappa shape index (κ1) is 17.1. The molecule has 1 aliphatic heterocycles. The van der Waals surface area contributed by atoms with Crippen LogP contribution in [-0.2, 0) is 13.0 Å². The van der Waals surface area contributed by atoms with Gasteiger partial charge in [-0.3, -0.25) is 0 Å². The van der Waals surface area contributed by atoms with Gasteiger partial charge in [-0.15, -0.1) is 11.3 Å². The fourth-order valence-electron chi connectivity index (χ4n) is 2.40. The lowest BCUT2D eigenvalue weighted by Crippen LogP contribution is -2.37. The minimum absolute atomic E-state index is 0.157. The zero-order chi connectivity index (χ0) is 15.5. The first-order chi connectivity index (χ1) is 9.93. The number of thioether (sulfide) groups is 1. The van der Waals surface area contributed by atoms with Crippen LogP contribution in [0.2, 0.25) is 0 Å². The van der Waals surface area contributed by atoms with Crippen LogP contribution in [-0.4, -0.2) is 34.6 Å². The summed E-state index contributed by atoms with van der Waals surface area (Å²) in [5.41, 5.74) is 1.43. The van der Waals surface area contributed by atoms with Gasteiger partial charge in [-0.25, -0.2) is 4.98 Å². The Labute approximate surface area is 137 Å². The van der Waals surface area contributed by atoms with Crippen molar-refractivity contribution in [3.05, 3.63) is 10.6 Å². The Morgan fingerprint density at radius 3 is 2.71 bits per heavy atom. The second-order valence-corrected chi connectivity index (χ2v) is 9.14. The second kappa shape index (κ2) is 7.34. The molecule has 0 amide bonds. The number of anilines is 1. The van der Waals surface area contributed by atoms with Gasteiger partial charge in [0.2, 0.25) is 0 Å². The van der Waals surface area contributed by atoms with Crippen LogP contribution in [0.1, 0.15) is 51.6 Å². The van der Waals surface area contributed by atoms with Gasteiger partial charge in [0.25, 0.3) is 0 Å². The van der Waals surface area contributed by atoms with Gasteiger partial charge in [0.1, 0.15) is 0 Å². The molecule has 0 aliphatic carbocycles. The fraction of sp³-hybridized carbons (Fsp3) is 0.812. The summed E-state index contributed by atoms with van der Waals surface area (Å²) < 4.78 is 0. The van der Waals surface area contributed by atoms with Crippen molar-refractivity contribution in [3.63, 3.8) is 0 Å². The van der Waals surface area contributed by atoms with E-state index < -0.39 is 0 Å². The van der Waals surface area contributed by atoms with Gasteiger partial charge < -0.3 is 10.2 Å². The van der Waals surface area contributed by atoms with Gasteiger partial charge >= 0.3 is 0 Å². The highest BCUT2D eigenvalue weighted by molar-refractivity contribution is 8.00. The topological polar surface area (TPSA) is 28.2 Å². The lowest BCUT2D eigenvalue weighted by Gasteiger charge is -2.31. The molecule has 120 valence electrons. The Morgan fingerprint density at radius 1 is 1.33 bits per heavy atom. The highest BCUT2D eigenvalue weighted by atomic mass is 32.2. The van der Waals surface area contributed by atoms with Crippen molar-refractivity contribution in [2.75, 3.05) is 23.7 Å². The molecule has 3 nitrogen and oxygen atoms in total. The van der Waals surface area contributed by atoms with Crippen LogP contribution in [0.25, 0.3) is 0 Å². The van der Waals surface area contributed by atoms with Crippen molar-refractivity contribution in [3.8, 4) is 0 Å². The number of hydrogen-bond acceptors (Lipinski definition) is 5. The second-order valence-electron chi connectivity index (χ2n) is 6.67. The molecule has 1 unspecified atom stereocenters. The number of aryl methyl sites for hydroxylation is 1. The molecule has 1 aromatic rings. The van der Waals surface area contributed by atoms with Crippen molar-refractivity contribution in [1.29, 1.82) is 0 Å². The average molecular weight is 328 g/mol. The maximum Gasteiger partial charge on any atom is 0.185 e. The van der Waals surface area contributed by atoms with Crippen LogP contribution in [0.4, 0.5) is 5.13 Å². The first-order valence-corrected chi connectivity index (χ1v) is 9.89. The van der Waals surface area contributed by atoms with Gasteiger partial charge in [-0.1, -0.05) is 13.8 Å². The molecule has 0 bridgehead atoms. The lowest BCUT2D eigenvalue weighted by atomic mass is 10.1. The number of nitrogens with zero attached hydrogens (tertiary/aromatic N) is 2. The molecule has 1 N–H and O–H groups in total. The highest BCUT2D eigenvalue weighted by Crippen LogP contribution is 2.31. The van der Waals surface area contributed by atoms with Gasteiger partial charge in [0.05, 0.1) is 5.69 Å². The zero-order valence-corrected chi connectivity index (χ0v) is 15.7.